The van der Waals surface area contributed by atoms with Crippen molar-refractivity contribution >= 4 is 0 Å². The van der Waals surface area contributed by atoms with Crippen LogP contribution in [-0.2, 0) is 12.7 Å². The molecule has 2 aromatic rings. The fraction of sp³-hybridized carbons (Fsp3) is 0.250. The number of rotatable bonds is 1. The molecule has 1 atom stereocenters. The number of halogens is 3. The molecule has 0 amide bonds. The smallest absolute Gasteiger partial charge is 0.291 e. The van der Waals surface area contributed by atoms with Crippen LogP contribution in [0.25, 0.3) is 0 Å². The fourth-order valence-electron chi connectivity index (χ4n) is 2.83. The van der Waals surface area contributed by atoms with Crippen molar-refractivity contribution in [2.24, 2.45) is 0 Å². The molecule has 1 aliphatic rings. The van der Waals surface area contributed by atoms with Gasteiger partial charge in [0.25, 0.3) is 0 Å². The molecular formula is C16H14F3N. The van der Waals surface area contributed by atoms with Crippen molar-refractivity contribution in [3.8, 4) is 0 Å². The van der Waals surface area contributed by atoms with Gasteiger partial charge in [0.1, 0.15) is 0 Å². The monoisotopic (exact) mass is 277 g/mol. The number of hydrogen-bond donors (Lipinski definition) is 0. The number of fused-ring (bicyclic) bond motifs is 1. The Kier molecular flexibility index (Phi) is 3.05. The largest absolute Gasteiger partial charge is 0.416 e. The zero-order valence-corrected chi connectivity index (χ0v) is 11.0. The van der Waals surface area contributed by atoms with E-state index in [4.69, 9.17) is 0 Å². The van der Waals surface area contributed by atoms with E-state index < -0.39 is 11.7 Å². The summed E-state index contributed by atoms with van der Waals surface area (Å²) in [5, 5.41) is 0. The number of benzene rings is 2. The standard InChI is InChI=1S/C16H14F3N/c1-20-10-12-4-2-3-5-14(12)15(20)11-6-8-13(9-7-11)16(17,18)19/h2-9,15H,10H2,1H3. The van der Waals surface area contributed by atoms with Gasteiger partial charge in [-0.3, -0.25) is 4.90 Å². The van der Waals surface area contributed by atoms with Gasteiger partial charge < -0.3 is 0 Å². The molecule has 3 rings (SSSR count). The summed E-state index contributed by atoms with van der Waals surface area (Å²) in [6.07, 6.45) is -4.28. The average molecular weight is 277 g/mol. The minimum absolute atomic E-state index is 0.0356. The molecule has 20 heavy (non-hydrogen) atoms. The summed E-state index contributed by atoms with van der Waals surface area (Å²) in [4.78, 5) is 2.15. The zero-order chi connectivity index (χ0) is 14.3. The third kappa shape index (κ3) is 2.20. The lowest BCUT2D eigenvalue weighted by Crippen LogP contribution is -2.17. The van der Waals surface area contributed by atoms with Crippen LogP contribution < -0.4 is 0 Å². The summed E-state index contributed by atoms with van der Waals surface area (Å²) in [6, 6.07) is 13.6. The van der Waals surface area contributed by atoms with E-state index in [-0.39, 0.29) is 6.04 Å². The van der Waals surface area contributed by atoms with Gasteiger partial charge in [-0.25, -0.2) is 0 Å². The molecule has 1 unspecified atom stereocenters. The van der Waals surface area contributed by atoms with Crippen molar-refractivity contribution in [2.45, 2.75) is 18.8 Å². The van der Waals surface area contributed by atoms with Crippen molar-refractivity contribution in [3.05, 3.63) is 70.8 Å². The van der Waals surface area contributed by atoms with Crippen LogP contribution >= 0.6 is 0 Å². The molecule has 4 heteroatoms. The molecule has 1 heterocycles. The molecule has 0 radical (unpaired) electrons. The van der Waals surface area contributed by atoms with Gasteiger partial charge in [-0.2, -0.15) is 13.2 Å². The zero-order valence-electron chi connectivity index (χ0n) is 11.0. The van der Waals surface area contributed by atoms with E-state index >= 15 is 0 Å². The van der Waals surface area contributed by atoms with E-state index in [0.29, 0.717) is 0 Å². The molecule has 0 aliphatic carbocycles. The van der Waals surface area contributed by atoms with Crippen LogP contribution in [0.15, 0.2) is 48.5 Å². The van der Waals surface area contributed by atoms with Crippen LogP contribution in [0, 0.1) is 0 Å². The summed E-state index contributed by atoms with van der Waals surface area (Å²) in [5.74, 6) is 0. The highest BCUT2D eigenvalue weighted by atomic mass is 19.4. The molecular weight excluding hydrogens is 263 g/mol. The molecule has 2 aromatic carbocycles. The lowest BCUT2D eigenvalue weighted by atomic mass is 9.97. The Bertz CT molecular complexity index is 616. The van der Waals surface area contributed by atoms with E-state index in [1.807, 2.05) is 25.2 Å². The van der Waals surface area contributed by atoms with Crippen molar-refractivity contribution in [3.63, 3.8) is 0 Å². The van der Waals surface area contributed by atoms with Crippen molar-refractivity contribution < 1.29 is 13.2 Å². The van der Waals surface area contributed by atoms with Crippen LogP contribution in [0.3, 0.4) is 0 Å². The number of alkyl halides is 3. The summed E-state index contributed by atoms with van der Waals surface area (Å²) in [6.45, 7) is 0.821. The van der Waals surface area contributed by atoms with E-state index in [0.717, 1.165) is 24.2 Å². The van der Waals surface area contributed by atoms with Crippen molar-refractivity contribution in [2.75, 3.05) is 7.05 Å². The highest BCUT2D eigenvalue weighted by molar-refractivity contribution is 5.41. The van der Waals surface area contributed by atoms with Crippen LogP contribution in [0.4, 0.5) is 13.2 Å². The number of nitrogens with zero attached hydrogens (tertiary/aromatic N) is 1. The lowest BCUT2D eigenvalue weighted by molar-refractivity contribution is -0.137. The lowest BCUT2D eigenvalue weighted by Gasteiger charge is -2.21. The Morgan fingerprint density at radius 1 is 1.00 bits per heavy atom. The first-order valence-electron chi connectivity index (χ1n) is 6.42. The van der Waals surface area contributed by atoms with Crippen molar-refractivity contribution in [1.82, 2.24) is 4.90 Å². The average Bonchev–Trinajstić information content (AvgIpc) is 2.73. The molecule has 0 aromatic heterocycles. The Hall–Kier alpha value is -1.81. The topological polar surface area (TPSA) is 3.24 Å². The van der Waals surface area contributed by atoms with Crippen LogP contribution in [0.1, 0.15) is 28.3 Å². The van der Waals surface area contributed by atoms with Gasteiger partial charge in [-0.05, 0) is 35.9 Å². The summed E-state index contributed by atoms with van der Waals surface area (Å²) in [7, 11) is 1.99. The molecule has 1 aliphatic heterocycles. The predicted octanol–water partition coefficient (Wildman–Crippen LogP) is 4.24. The molecule has 0 spiro atoms. The Morgan fingerprint density at radius 3 is 2.30 bits per heavy atom. The third-order valence-electron chi connectivity index (χ3n) is 3.76. The number of hydrogen-bond acceptors (Lipinski definition) is 1. The third-order valence-corrected chi connectivity index (χ3v) is 3.76. The van der Waals surface area contributed by atoms with E-state index in [2.05, 4.69) is 11.0 Å². The van der Waals surface area contributed by atoms with Gasteiger partial charge in [0.2, 0.25) is 0 Å². The van der Waals surface area contributed by atoms with E-state index in [1.165, 1.54) is 11.1 Å². The second-order valence-corrected chi connectivity index (χ2v) is 5.14. The Morgan fingerprint density at radius 2 is 1.65 bits per heavy atom. The van der Waals surface area contributed by atoms with Gasteiger partial charge in [-0.1, -0.05) is 36.4 Å². The fourth-order valence-corrected chi connectivity index (χ4v) is 2.83. The molecule has 0 saturated heterocycles. The first-order chi connectivity index (χ1) is 9.47. The Balaban J connectivity index is 1.98. The van der Waals surface area contributed by atoms with Crippen LogP contribution in [0.5, 0.6) is 0 Å². The predicted molar refractivity (Wildman–Crippen MR) is 71.2 cm³/mol. The molecule has 1 nitrogen and oxygen atoms in total. The maximum atomic E-state index is 12.6. The normalized spacial score (nSPS) is 19.1. The molecule has 0 N–H and O–H groups in total. The van der Waals surface area contributed by atoms with Gasteiger partial charge >= 0.3 is 6.18 Å². The van der Waals surface area contributed by atoms with Gasteiger partial charge in [0.15, 0.2) is 0 Å². The summed E-state index contributed by atoms with van der Waals surface area (Å²) in [5.41, 5.74) is 2.70. The van der Waals surface area contributed by atoms with Crippen LogP contribution in [0.2, 0.25) is 0 Å². The second-order valence-electron chi connectivity index (χ2n) is 5.14. The molecule has 0 bridgehead atoms. The molecule has 104 valence electrons. The SMILES string of the molecule is CN1Cc2ccccc2C1c1ccc(C(F)(F)F)cc1. The van der Waals surface area contributed by atoms with Crippen molar-refractivity contribution in [1.29, 1.82) is 0 Å². The minimum Gasteiger partial charge on any atom is -0.291 e. The first kappa shape index (κ1) is 13.2. The van der Waals surface area contributed by atoms with E-state index in [1.54, 1.807) is 12.1 Å². The minimum atomic E-state index is -4.28. The van der Waals surface area contributed by atoms with Crippen LogP contribution in [-0.4, -0.2) is 11.9 Å². The van der Waals surface area contributed by atoms with E-state index in [9.17, 15) is 13.2 Å². The first-order valence-corrected chi connectivity index (χ1v) is 6.42. The van der Waals surface area contributed by atoms with Gasteiger partial charge in [-0.15, -0.1) is 0 Å². The quantitative estimate of drug-likeness (QED) is 0.753. The summed E-state index contributed by atoms with van der Waals surface area (Å²) >= 11 is 0. The summed E-state index contributed by atoms with van der Waals surface area (Å²) < 4.78 is 37.8. The second kappa shape index (κ2) is 4.63. The maximum Gasteiger partial charge on any atom is 0.416 e. The highest BCUT2D eigenvalue weighted by Crippen LogP contribution is 2.38. The van der Waals surface area contributed by atoms with Gasteiger partial charge in [0, 0.05) is 6.54 Å². The maximum absolute atomic E-state index is 12.6. The Labute approximate surface area is 115 Å². The highest BCUT2D eigenvalue weighted by Gasteiger charge is 2.32. The van der Waals surface area contributed by atoms with Gasteiger partial charge in [0.05, 0.1) is 11.6 Å². The molecule has 0 saturated carbocycles. The molecule has 0 fully saturated rings.